The lowest BCUT2D eigenvalue weighted by Crippen LogP contribution is -2.25. The van der Waals surface area contributed by atoms with Gasteiger partial charge in [-0.3, -0.25) is 0 Å². The number of benzene rings is 1. The van der Waals surface area contributed by atoms with Gasteiger partial charge in [0.2, 0.25) is 0 Å². The lowest BCUT2D eigenvalue weighted by Gasteiger charge is -2.18. The van der Waals surface area contributed by atoms with Crippen molar-refractivity contribution in [2.45, 2.75) is 46.1 Å². The zero-order chi connectivity index (χ0) is 19.6. The summed E-state index contributed by atoms with van der Waals surface area (Å²) in [4.78, 5) is 24.6. The number of aromatic nitrogens is 1. The molecule has 1 aliphatic heterocycles. The summed E-state index contributed by atoms with van der Waals surface area (Å²) in [7, 11) is 0. The van der Waals surface area contributed by atoms with Gasteiger partial charge in [-0.1, -0.05) is 6.07 Å². The Bertz CT molecular complexity index is 854. The van der Waals surface area contributed by atoms with Crippen LogP contribution in [0.15, 0.2) is 24.3 Å². The number of carbonyl (C=O) groups excluding carboxylic acids is 2. The molecule has 1 saturated heterocycles. The second kappa shape index (κ2) is 7.70. The number of rotatable bonds is 6. The molecule has 0 aliphatic carbocycles. The first-order chi connectivity index (χ1) is 12.8. The minimum Gasteiger partial charge on any atom is -0.462 e. The van der Waals surface area contributed by atoms with Crippen molar-refractivity contribution >= 4 is 22.8 Å². The Hall–Kier alpha value is -2.38. The number of carbonyl (C=O) groups is 2. The topological polar surface area (TPSA) is 76.0 Å². The summed E-state index contributed by atoms with van der Waals surface area (Å²) in [5.74, 6) is -1.47. The first-order valence-electron chi connectivity index (χ1n) is 9.14. The molecule has 0 amide bonds. The minimum absolute atomic E-state index is 0.213. The highest BCUT2D eigenvalue weighted by molar-refractivity contribution is 5.99. The van der Waals surface area contributed by atoms with Crippen LogP contribution in [0.3, 0.4) is 0 Å². The van der Waals surface area contributed by atoms with E-state index >= 15 is 0 Å². The molecule has 1 atom stereocenters. The molecule has 0 spiro atoms. The van der Waals surface area contributed by atoms with Gasteiger partial charge in [-0.25, -0.2) is 9.59 Å². The lowest BCUT2D eigenvalue weighted by atomic mass is 10.1. The predicted molar refractivity (Wildman–Crippen MR) is 98.8 cm³/mol. The molecule has 1 aromatic heterocycles. The molecule has 3 rings (SSSR count). The standard InChI is InChI=1S/C20H25NO6/c1-5-24-18(22)14-8-7-13-9-17(19(23)25-6-2)21(16(13)10-14)11-15-12-26-20(3,4)27-15/h7-10,15H,5-6,11-12H2,1-4H3/t15-/m1/s1. The van der Waals surface area contributed by atoms with Crippen molar-refractivity contribution in [1.29, 1.82) is 0 Å². The van der Waals surface area contributed by atoms with E-state index in [1.54, 1.807) is 38.1 Å². The van der Waals surface area contributed by atoms with Gasteiger partial charge in [0.15, 0.2) is 5.79 Å². The van der Waals surface area contributed by atoms with Gasteiger partial charge in [0.25, 0.3) is 0 Å². The first-order valence-corrected chi connectivity index (χ1v) is 9.14. The van der Waals surface area contributed by atoms with Gasteiger partial charge < -0.3 is 23.5 Å². The summed E-state index contributed by atoms with van der Waals surface area (Å²) < 4.78 is 23.6. The van der Waals surface area contributed by atoms with Crippen molar-refractivity contribution < 1.29 is 28.5 Å². The number of nitrogens with zero attached hydrogens (tertiary/aromatic N) is 1. The number of hydrogen-bond acceptors (Lipinski definition) is 6. The third kappa shape index (κ3) is 4.14. The summed E-state index contributed by atoms with van der Waals surface area (Å²) in [6, 6.07) is 6.99. The van der Waals surface area contributed by atoms with Crippen LogP contribution in [-0.2, 0) is 25.5 Å². The van der Waals surface area contributed by atoms with E-state index in [0.29, 0.717) is 31.0 Å². The Morgan fingerprint density at radius 3 is 2.48 bits per heavy atom. The van der Waals surface area contributed by atoms with Gasteiger partial charge in [0.05, 0.1) is 31.9 Å². The first kappa shape index (κ1) is 19.4. The van der Waals surface area contributed by atoms with E-state index in [9.17, 15) is 9.59 Å². The fraction of sp³-hybridized carbons (Fsp3) is 0.500. The molecule has 0 bridgehead atoms. The number of hydrogen-bond donors (Lipinski definition) is 0. The summed E-state index contributed by atoms with van der Waals surface area (Å²) in [6.45, 7) is 8.65. The molecule has 1 fully saturated rings. The van der Waals surface area contributed by atoms with Gasteiger partial charge in [-0.05, 0) is 45.9 Å². The lowest BCUT2D eigenvalue weighted by molar-refractivity contribution is -0.139. The molecule has 7 heteroatoms. The minimum atomic E-state index is -0.659. The summed E-state index contributed by atoms with van der Waals surface area (Å²) in [5.41, 5.74) is 1.60. The number of esters is 2. The molecule has 2 heterocycles. The molecule has 0 radical (unpaired) electrons. The summed E-state index contributed by atoms with van der Waals surface area (Å²) in [5, 5.41) is 0.837. The van der Waals surface area contributed by atoms with Crippen LogP contribution in [0.1, 0.15) is 48.5 Å². The van der Waals surface area contributed by atoms with E-state index in [4.69, 9.17) is 18.9 Å². The molecule has 27 heavy (non-hydrogen) atoms. The van der Waals surface area contributed by atoms with Crippen LogP contribution in [0, 0.1) is 0 Å². The second-order valence-corrected chi connectivity index (χ2v) is 6.81. The monoisotopic (exact) mass is 375 g/mol. The normalized spacial score (nSPS) is 18.6. The number of fused-ring (bicyclic) bond motifs is 1. The third-order valence-corrected chi connectivity index (χ3v) is 4.35. The zero-order valence-corrected chi connectivity index (χ0v) is 16.1. The smallest absolute Gasteiger partial charge is 0.354 e. The Morgan fingerprint density at radius 2 is 1.85 bits per heavy atom. The molecule has 146 valence electrons. The Labute approximate surface area is 158 Å². The Morgan fingerprint density at radius 1 is 1.15 bits per heavy atom. The van der Waals surface area contributed by atoms with Crippen LogP contribution in [-0.4, -0.2) is 48.2 Å². The largest absolute Gasteiger partial charge is 0.462 e. The summed E-state index contributed by atoms with van der Waals surface area (Å²) >= 11 is 0. The summed E-state index contributed by atoms with van der Waals surface area (Å²) in [6.07, 6.45) is -0.213. The molecule has 1 aliphatic rings. The van der Waals surface area contributed by atoms with Crippen molar-refractivity contribution in [3.63, 3.8) is 0 Å². The van der Waals surface area contributed by atoms with Crippen molar-refractivity contribution in [3.05, 3.63) is 35.5 Å². The predicted octanol–water partition coefficient (Wildman–Crippen LogP) is 3.15. The molecule has 0 N–H and O–H groups in total. The highest BCUT2D eigenvalue weighted by Gasteiger charge is 2.33. The van der Waals surface area contributed by atoms with Crippen LogP contribution >= 0.6 is 0 Å². The SMILES string of the molecule is CCOC(=O)c1ccc2cc(C(=O)OCC)n(C[C@@H]3COC(C)(C)O3)c2c1. The number of ether oxygens (including phenoxy) is 4. The van der Waals surface area contributed by atoms with Crippen LogP contribution < -0.4 is 0 Å². The molecular formula is C20H25NO6. The maximum atomic E-state index is 12.5. The van der Waals surface area contributed by atoms with Gasteiger partial charge in [0, 0.05) is 10.9 Å². The van der Waals surface area contributed by atoms with E-state index < -0.39 is 17.7 Å². The average molecular weight is 375 g/mol. The molecule has 2 aromatic rings. The quantitative estimate of drug-likeness (QED) is 0.722. The maximum Gasteiger partial charge on any atom is 0.354 e. The van der Waals surface area contributed by atoms with Gasteiger partial charge in [0.1, 0.15) is 11.8 Å². The van der Waals surface area contributed by atoms with Gasteiger partial charge in [-0.15, -0.1) is 0 Å². The highest BCUT2D eigenvalue weighted by Crippen LogP contribution is 2.27. The van der Waals surface area contributed by atoms with Crippen LogP contribution in [0.4, 0.5) is 0 Å². The van der Waals surface area contributed by atoms with Crippen LogP contribution in [0.25, 0.3) is 10.9 Å². The van der Waals surface area contributed by atoms with E-state index in [-0.39, 0.29) is 12.7 Å². The van der Waals surface area contributed by atoms with E-state index in [1.807, 2.05) is 18.4 Å². The Kier molecular flexibility index (Phi) is 5.53. The van der Waals surface area contributed by atoms with Crippen LogP contribution in [0.2, 0.25) is 0 Å². The van der Waals surface area contributed by atoms with E-state index in [2.05, 4.69) is 0 Å². The van der Waals surface area contributed by atoms with E-state index in [0.717, 1.165) is 10.9 Å². The molecule has 7 nitrogen and oxygen atoms in total. The molecule has 0 saturated carbocycles. The van der Waals surface area contributed by atoms with Crippen molar-refractivity contribution in [2.75, 3.05) is 19.8 Å². The van der Waals surface area contributed by atoms with Crippen molar-refractivity contribution in [3.8, 4) is 0 Å². The third-order valence-electron chi connectivity index (χ3n) is 4.35. The highest BCUT2D eigenvalue weighted by atomic mass is 16.7. The van der Waals surface area contributed by atoms with E-state index in [1.165, 1.54) is 0 Å². The molecule has 0 unspecified atom stereocenters. The van der Waals surface area contributed by atoms with Crippen molar-refractivity contribution in [1.82, 2.24) is 4.57 Å². The van der Waals surface area contributed by atoms with Crippen molar-refractivity contribution in [2.24, 2.45) is 0 Å². The zero-order valence-electron chi connectivity index (χ0n) is 16.1. The fourth-order valence-corrected chi connectivity index (χ4v) is 3.22. The maximum absolute atomic E-state index is 12.5. The van der Waals surface area contributed by atoms with Crippen LogP contribution in [0.5, 0.6) is 0 Å². The molecule has 1 aromatic carbocycles. The molecular weight excluding hydrogens is 350 g/mol. The van der Waals surface area contributed by atoms with Gasteiger partial charge in [-0.2, -0.15) is 0 Å². The Balaban J connectivity index is 2.02. The second-order valence-electron chi connectivity index (χ2n) is 6.81. The fourth-order valence-electron chi connectivity index (χ4n) is 3.22. The average Bonchev–Trinajstić information content (AvgIpc) is 3.15. The van der Waals surface area contributed by atoms with Gasteiger partial charge >= 0.3 is 11.9 Å².